The molecule has 0 aliphatic carbocycles. The van der Waals surface area contributed by atoms with Crippen molar-refractivity contribution in [3.8, 4) is 17.0 Å². The molecule has 0 amide bonds. The minimum atomic E-state index is 0.0695. The average Bonchev–Trinajstić information content (AvgIpc) is 3.26. The van der Waals surface area contributed by atoms with Gasteiger partial charge in [0.2, 0.25) is 0 Å². The number of piperidine rings is 1. The molecule has 1 aliphatic heterocycles. The zero-order chi connectivity index (χ0) is 23.9. The second-order valence-electron chi connectivity index (χ2n) is 9.71. The molecule has 3 N–H and O–H groups in total. The van der Waals surface area contributed by atoms with Crippen LogP contribution in [0.1, 0.15) is 31.7 Å². The summed E-state index contributed by atoms with van der Waals surface area (Å²) < 4.78 is 5.77. The Hall–Kier alpha value is -3.09. The number of ether oxygens (including phenoxy) is 1. The van der Waals surface area contributed by atoms with Gasteiger partial charge in [0.25, 0.3) is 0 Å². The Morgan fingerprint density at radius 2 is 2.06 bits per heavy atom. The minimum absolute atomic E-state index is 0.0695. The maximum atomic E-state index is 6.51. The molecule has 0 radical (unpaired) electrons. The molecule has 0 saturated carbocycles. The fourth-order valence-electron chi connectivity index (χ4n) is 4.79. The number of anilines is 1. The van der Waals surface area contributed by atoms with Gasteiger partial charge in [-0.3, -0.25) is 0 Å². The van der Waals surface area contributed by atoms with Crippen LogP contribution < -0.4 is 15.4 Å². The van der Waals surface area contributed by atoms with Gasteiger partial charge in [0.15, 0.2) is 0 Å². The van der Waals surface area contributed by atoms with Crippen LogP contribution in [-0.2, 0) is 6.42 Å². The van der Waals surface area contributed by atoms with Crippen LogP contribution in [0.2, 0.25) is 5.02 Å². The third kappa shape index (κ3) is 4.24. The lowest BCUT2D eigenvalue weighted by molar-refractivity contribution is 0.245. The highest BCUT2D eigenvalue weighted by atomic mass is 35.5. The number of H-pyrrole nitrogens is 1. The first-order chi connectivity index (χ1) is 16.4. The van der Waals surface area contributed by atoms with E-state index in [1.54, 1.807) is 13.3 Å². The summed E-state index contributed by atoms with van der Waals surface area (Å²) in [6.45, 7) is 6.34. The van der Waals surface area contributed by atoms with E-state index in [1.807, 2.05) is 24.4 Å². The normalized spacial score (nSPS) is 17.8. The summed E-state index contributed by atoms with van der Waals surface area (Å²) in [7, 11) is 1.71. The van der Waals surface area contributed by atoms with Crippen molar-refractivity contribution >= 4 is 28.2 Å². The quantitative estimate of drug-likeness (QED) is 0.401. The molecule has 1 atom stereocenters. The number of nitrogens with two attached hydrogens (primary N) is 1. The van der Waals surface area contributed by atoms with Gasteiger partial charge < -0.3 is 20.4 Å². The van der Waals surface area contributed by atoms with Crippen LogP contribution in [0.15, 0.2) is 54.9 Å². The summed E-state index contributed by atoms with van der Waals surface area (Å²) in [6, 6.07) is 14.7. The van der Waals surface area contributed by atoms with E-state index in [9.17, 15) is 0 Å². The highest BCUT2D eigenvalue weighted by Gasteiger charge is 2.33. The second-order valence-corrected chi connectivity index (χ2v) is 10.1. The summed E-state index contributed by atoms with van der Waals surface area (Å²) in [4.78, 5) is 15.0. The van der Waals surface area contributed by atoms with Crippen molar-refractivity contribution < 1.29 is 4.74 Å². The number of nitrogens with zero attached hydrogens (tertiary/aromatic N) is 3. The van der Waals surface area contributed by atoms with Crippen LogP contribution in [0.3, 0.4) is 0 Å². The van der Waals surface area contributed by atoms with E-state index in [0.29, 0.717) is 17.3 Å². The molecule has 1 unspecified atom stereocenters. The first-order valence-corrected chi connectivity index (χ1v) is 12.0. The van der Waals surface area contributed by atoms with Crippen molar-refractivity contribution in [1.29, 1.82) is 0 Å². The van der Waals surface area contributed by atoms with Crippen LogP contribution in [0.25, 0.3) is 22.2 Å². The molecule has 4 aromatic rings. The van der Waals surface area contributed by atoms with Crippen LogP contribution in [0.4, 0.5) is 5.69 Å². The van der Waals surface area contributed by atoms with Gasteiger partial charge in [-0.25, -0.2) is 9.97 Å². The minimum Gasteiger partial charge on any atom is -0.496 e. The van der Waals surface area contributed by atoms with E-state index in [-0.39, 0.29) is 11.5 Å². The van der Waals surface area contributed by atoms with Crippen molar-refractivity contribution in [3.05, 3.63) is 71.3 Å². The largest absolute Gasteiger partial charge is 0.496 e. The van der Waals surface area contributed by atoms with Gasteiger partial charge in [-0.05, 0) is 24.0 Å². The summed E-state index contributed by atoms with van der Waals surface area (Å²) in [6.07, 6.45) is 5.16. The molecule has 2 aromatic heterocycles. The maximum Gasteiger partial charge on any atom is 0.133 e. The molecular formula is C27H30ClN5O. The maximum absolute atomic E-state index is 6.51. The van der Waals surface area contributed by atoms with E-state index < -0.39 is 0 Å². The Morgan fingerprint density at radius 3 is 2.85 bits per heavy atom. The summed E-state index contributed by atoms with van der Waals surface area (Å²) in [5.41, 5.74) is 11.3. The van der Waals surface area contributed by atoms with E-state index in [0.717, 1.165) is 58.7 Å². The monoisotopic (exact) mass is 475 g/mol. The average molecular weight is 476 g/mol. The third-order valence-electron chi connectivity index (χ3n) is 6.93. The molecule has 6 nitrogen and oxygen atoms in total. The van der Waals surface area contributed by atoms with Gasteiger partial charge in [-0.1, -0.05) is 49.7 Å². The molecule has 0 spiro atoms. The van der Waals surface area contributed by atoms with Crippen LogP contribution in [-0.4, -0.2) is 41.2 Å². The molecule has 3 heterocycles. The van der Waals surface area contributed by atoms with E-state index in [4.69, 9.17) is 27.1 Å². The molecule has 1 saturated heterocycles. The fraction of sp³-hybridized carbons (Fsp3) is 0.333. The Bertz CT molecular complexity index is 1330. The van der Waals surface area contributed by atoms with E-state index >= 15 is 0 Å². The molecule has 1 fully saturated rings. The zero-order valence-corrected chi connectivity index (χ0v) is 20.6. The predicted molar refractivity (Wildman–Crippen MR) is 139 cm³/mol. The van der Waals surface area contributed by atoms with Crippen molar-refractivity contribution in [3.63, 3.8) is 0 Å². The Morgan fingerprint density at radius 1 is 1.24 bits per heavy atom. The number of aromatic nitrogens is 3. The molecule has 34 heavy (non-hydrogen) atoms. The molecule has 176 valence electrons. The number of rotatable bonds is 5. The molecule has 0 bridgehead atoms. The highest BCUT2D eigenvalue weighted by Crippen LogP contribution is 2.35. The van der Waals surface area contributed by atoms with Crippen molar-refractivity contribution in [2.24, 2.45) is 11.1 Å². The Labute approximate surface area is 205 Å². The first kappa shape index (κ1) is 22.7. The van der Waals surface area contributed by atoms with Gasteiger partial charge in [0, 0.05) is 71.7 Å². The van der Waals surface area contributed by atoms with Gasteiger partial charge >= 0.3 is 0 Å². The van der Waals surface area contributed by atoms with E-state index in [2.05, 4.69) is 53.0 Å². The summed E-state index contributed by atoms with van der Waals surface area (Å²) in [5.74, 6) is 1.53. The molecule has 2 aromatic carbocycles. The number of fused-ring (bicyclic) bond motifs is 1. The standard InChI is InChI=1S/C27H30ClN5O/c1-27(2)16-33(11-10-24(27)29)18-9-8-17(23(13-18)34-3)12-25-31-15-21(28)26(32-25)20-14-30-22-7-5-4-6-19(20)22/h4-9,13-15,24,30H,10-12,16,29H2,1-3H3. The lowest BCUT2D eigenvalue weighted by atomic mass is 9.79. The zero-order valence-electron chi connectivity index (χ0n) is 19.8. The highest BCUT2D eigenvalue weighted by molar-refractivity contribution is 6.33. The smallest absolute Gasteiger partial charge is 0.133 e. The number of hydrogen-bond acceptors (Lipinski definition) is 5. The second kappa shape index (κ2) is 8.93. The van der Waals surface area contributed by atoms with Crippen molar-refractivity contribution in [2.45, 2.75) is 32.7 Å². The predicted octanol–water partition coefficient (Wildman–Crippen LogP) is 5.44. The third-order valence-corrected chi connectivity index (χ3v) is 7.21. The molecule has 1 aliphatic rings. The molecular weight excluding hydrogens is 446 g/mol. The number of hydrogen-bond donors (Lipinski definition) is 2. The summed E-state index contributed by atoms with van der Waals surface area (Å²) >= 11 is 6.51. The van der Waals surface area contributed by atoms with Gasteiger partial charge in [-0.2, -0.15) is 0 Å². The summed E-state index contributed by atoms with van der Waals surface area (Å²) in [5, 5.41) is 1.61. The van der Waals surface area contributed by atoms with Crippen LogP contribution >= 0.6 is 11.6 Å². The number of halogens is 1. The van der Waals surface area contributed by atoms with Gasteiger partial charge in [-0.15, -0.1) is 0 Å². The van der Waals surface area contributed by atoms with Gasteiger partial charge in [0.1, 0.15) is 11.6 Å². The number of benzene rings is 2. The molecule has 7 heteroatoms. The van der Waals surface area contributed by atoms with Crippen molar-refractivity contribution in [1.82, 2.24) is 15.0 Å². The number of aromatic amines is 1. The van der Waals surface area contributed by atoms with Crippen molar-refractivity contribution in [2.75, 3.05) is 25.1 Å². The lowest BCUT2D eigenvalue weighted by Crippen LogP contribution is -2.52. The number of methoxy groups -OCH3 is 1. The van der Waals surface area contributed by atoms with Crippen LogP contribution in [0, 0.1) is 5.41 Å². The van der Waals surface area contributed by atoms with E-state index in [1.165, 1.54) is 0 Å². The van der Waals surface area contributed by atoms with Gasteiger partial charge in [0.05, 0.1) is 17.8 Å². The lowest BCUT2D eigenvalue weighted by Gasteiger charge is -2.43. The SMILES string of the molecule is COc1cc(N2CCC(N)C(C)(C)C2)ccc1Cc1ncc(Cl)c(-c2c[nH]c3ccccc23)n1. The number of para-hydroxylation sites is 1. The van der Waals surface area contributed by atoms with Crippen LogP contribution in [0.5, 0.6) is 5.75 Å². The topological polar surface area (TPSA) is 80.1 Å². The molecule has 5 rings (SSSR count). The number of nitrogens with one attached hydrogen (secondary N) is 1. The Balaban J connectivity index is 1.43. The fourth-order valence-corrected chi connectivity index (χ4v) is 4.98. The Kier molecular flexibility index (Phi) is 5.96. The first-order valence-electron chi connectivity index (χ1n) is 11.6.